The Morgan fingerprint density at radius 3 is 2.50 bits per heavy atom. The summed E-state index contributed by atoms with van der Waals surface area (Å²) < 4.78 is 30.6. The molecule has 1 aromatic heterocycles. The zero-order valence-electron chi connectivity index (χ0n) is 14.8. The number of nitrogens with zero attached hydrogens (tertiary/aromatic N) is 2. The Bertz CT molecular complexity index is 1160. The molecule has 2 aromatic carbocycles. The molecule has 0 aliphatic carbocycles. The van der Waals surface area contributed by atoms with Crippen molar-refractivity contribution in [1.82, 2.24) is 9.71 Å². The number of rotatable bonds is 6. The molecule has 0 bridgehead atoms. The molecule has 1 heterocycles. The van der Waals surface area contributed by atoms with Crippen LogP contribution < -0.4 is 9.46 Å². The molecular formula is C17H16Cl2N4O4S. The number of benzene rings is 2. The molecule has 0 atom stereocenters. The van der Waals surface area contributed by atoms with E-state index in [2.05, 4.69) is 19.9 Å². The summed E-state index contributed by atoms with van der Waals surface area (Å²) in [7, 11) is -0.564. The molecule has 28 heavy (non-hydrogen) atoms. The van der Waals surface area contributed by atoms with Gasteiger partial charge in [0.15, 0.2) is 11.4 Å². The SMILES string of the molecule is CNS(=O)(=O)Cc1ccc(N=Nc2c(O)[nH]c3cc(Cl)c(OC)c(Cl)c23)cc1. The second kappa shape index (κ2) is 7.96. The number of methoxy groups -OCH3 is 1. The van der Waals surface area contributed by atoms with Gasteiger partial charge in [-0.2, -0.15) is 5.11 Å². The summed E-state index contributed by atoms with van der Waals surface area (Å²) in [5.41, 5.74) is 1.69. The molecule has 11 heteroatoms. The van der Waals surface area contributed by atoms with Crippen molar-refractivity contribution in [3.05, 3.63) is 45.9 Å². The Labute approximate surface area is 171 Å². The van der Waals surface area contributed by atoms with Crippen molar-refractivity contribution in [2.24, 2.45) is 10.2 Å². The average molecular weight is 443 g/mol. The van der Waals surface area contributed by atoms with Gasteiger partial charge in [-0.15, -0.1) is 5.11 Å². The van der Waals surface area contributed by atoms with Crippen molar-refractivity contribution in [2.45, 2.75) is 5.75 Å². The van der Waals surface area contributed by atoms with Crippen LogP contribution in [-0.4, -0.2) is 32.7 Å². The molecule has 0 saturated heterocycles. The Morgan fingerprint density at radius 1 is 1.21 bits per heavy atom. The molecule has 8 nitrogen and oxygen atoms in total. The van der Waals surface area contributed by atoms with Crippen molar-refractivity contribution >= 4 is 55.5 Å². The van der Waals surface area contributed by atoms with E-state index in [1.807, 2.05) is 0 Å². The van der Waals surface area contributed by atoms with Gasteiger partial charge in [0.2, 0.25) is 15.9 Å². The largest absolute Gasteiger partial charge is 0.494 e. The summed E-state index contributed by atoms with van der Waals surface area (Å²) in [6, 6.07) is 8.07. The van der Waals surface area contributed by atoms with E-state index in [0.717, 1.165) is 0 Å². The molecule has 0 fully saturated rings. The second-order valence-electron chi connectivity index (χ2n) is 5.78. The van der Waals surface area contributed by atoms with Crippen LogP contribution in [0.15, 0.2) is 40.6 Å². The van der Waals surface area contributed by atoms with Gasteiger partial charge in [0.05, 0.1) is 39.5 Å². The van der Waals surface area contributed by atoms with E-state index in [4.69, 9.17) is 27.9 Å². The van der Waals surface area contributed by atoms with Gasteiger partial charge in [0.25, 0.3) is 0 Å². The molecule has 148 valence electrons. The highest BCUT2D eigenvalue weighted by molar-refractivity contribution is 7.88. The highest BCUT2D eigenvalue weighted by Crippen LogP contribution is 2.46. The first kappa shape index (κ1) is 20.4. The van der Waals surface area contributed by atoms with E-state index in [1.165, 1.54) is 14.2 Å². The third-order valence-corrected chi connectivity index (χ3v) is 5.94. The highest BCUT2D eigenvalue weighted by Gasteiger charge is 2.19. The van der Waals surface area contributed by atoms with Crippen molar-refractivity contribution in [3.8, 4) is 11.6 Å². The minimum absolute atomic E-state index is 0.136. The van der Waals surface area contributed by atoms with Crippen LogP contribution in [0, 0.1) is 0 Å². The van der Waals surface area contributed by atoms with Gasteiger partial charge in [0.1, 0.15) is 0 Å². The second-order valence-corrected chi connectivity index (χ2v) is 8.49. The highest BCUT2D eigenvalue weighted by atomic mass is 35.5. The minimum atomic E-state index is -3.36. The lowest BCUT2D eigenvalue weighted by Gasteiger charge is -2.06. The summed E-state index contributed by atoms with van der Waals surface area (Å²) >= 11 is 12.4. The number of aromatic hydroxyl groups is 1. The number of nitrogens with one attached hydrogen (secondary N) is 2. The number of hydrogen-bond donors (Lipinski definition) is 3. The van der Waals surface area contributed by atoms with Crippen molar-refractivity contribution in [2.75, 3.05) is 14.2 Å². The first-order valence-corrected chi connectivity index (χ1v) is 10.3. The smallest absolute Gasteiger partial charge is 0.218 e. The number of halogens is 2. The third-order valence-electron chi connectivity index (χ3n) is 3.96. The van der Waals surface area contributed by atoms with E-state index in [0.29, 0.717) is 22.2 Å². The van der Waals surface area contributed by atoms with Gasteiger partial charge >= 0.3 is 0 Å². The van der Waals surface area contributed by atoms with Gasteiger partial charge in [0, 0.05) is 0 Å². The number of ether oxygens (including phenoxy) is 1. The molecule has 3 aromatic rings. The number of azo groups is 1. The first-order chi connectivity index (χ1) is 13.3. The third kappa shape index (κ3) is 4.07. The number of aromatic nitrogens is 1. The molecule has 3 rings (SSSR count). The number of hydrogen-bond acceptors (Lipinski definition) is 6. The maximum Gasteiger partial charge on any atom is 0.218 e. The summed E-state index contributed by atoms with van der Waals surface area (Å²) in [5, 5.41) is 19.2. The molecule has 0 radical (unpaired) electrons. The van der Waals surface area contributed by atoms with Gasteiger partial charge in [-0.25, -0.2) is 13.1 Å². The molecule has 0 unspecified atom stereocenters. The van der Waals surface area contributed by atoms with Gasteiger partial charge in [-0.05, 0) is 30.8 Å². The lowest BCUT2D eigenvalue weighted by Crippen LogP contribution is -2.20. The van der Waals surface area contributed by atoms with Crippen molar-refractivity contribution in [1.29, 1.82) is 0 Å². The lowest BCUT2D eigenvalue weighted by molar-refractivity contribution is 0.416. The van der Waals surface area contributed by atoms with Crippen molar-refractivity contribution in [3.63, 3.8) is 0 Å². The first-order valence-electron chi connectivity index (χ1n) is 7.94. The van der Waals surface area contributed by atoms with Crippen molar-refractivity contribution < 1.29 is 18.3 Å². The fraction of sp³-hybridized carbons (Fsp3) is 0.176. The predicted molar refractivity (Wildman–Crippen MR) is 109 cm³/mol. The lowest BCUT2D eigenvalue weighted by atomic mass is 10.2. The maximum absolute atomic E-state index is 11.6. The summed E-state index contributed by atoms with van der Waals surface area (Å²) in [4.78, 5) is 2.74. The Balaban J connectivity index is 1.94. The van der Waals surface area contributed by atoms with E-state index in [1.54, 1.807) is 30.3 Å². The molecule has 0 aliphatic heterocycles. The van der Waals surface area contributed by atoms with Crippen LogP contribution in [0.2, 0.25) is 10.0 Å². The predicted octanol–water partition coefficient (Wildman–Crippen LogP) is 4.65. The normalized spacial score (nSPS) is 12.1. The number of fused-ring (bicyclic) bond motifs is 1. The summed E-state index contributed by atoms with van der Waals surface area (Å²) in [6.07, 6.45) is 0. The van der Waals surface area contributed by atoms with E-state index in [-0.39, 0.29) is 33.1 Å². The van der Waals surface area contributed by atoms with Crippen LogP contribution in [0.1, 0.15) is 5.56 Å². The Morgan fingerprint density at radius 2 is 1.89 bits per heavy atom. The fourth-order valence-corrected chi connectivity index (χ4v) is 4.05. The topological polar surface area (TPSA) is 116 Å². The van der Waals surface area contributed by atoms with Crippen LogP contribution in [0.5, 0.6) is 11.6 Å². The average Bonchev–Trinajstić information content (AvgIpc) is 2.96. The van der Waals surface area contributed by atoms with Gasteiger partial charge in [-0.3, -0.25) is 0 Å². The fourth-order valence-electron chi connectivity index (χ4n) is 2.58. The van der Waals surface area contributed by atoms with E-state index in [9.17, 15) is 13.5 Å². The number of H-pyrrole nitrogens is 1. The molecule has 0 spiro atoms. The van der Waals surface area contributed by atoms with E-state index >= 15 is 0 Å². The quantitative estimate of drug-likeness (QED) is 0.481. The summed E-state index contributed by atoms with van der Waals surface area (Å²) in [6.45, 7) is 0. The minimum Gasteiger partial charge on any atom is -0.494 e. The standard InChI is InChI=1S/C17H16Cl2N4O4S/c1-20-28(25,26)8-9-3-5-10(6-4-9)22-23-15-13-12(21-17(15)24)7-11(18)16(27-2)14(13)19/h3-7,20-21,24H,8H2,1-2H3. The number of sulfonamides is 1. The monoisotopic (exact) mass is 442 g/mol. The van der Waals surface area contributed by atoms with Crippen LogP contribution in [0.4, 0.5) is 11.4 Å². The molecule has 0 saturated carbocycles. The Hall–Kier alpha value is -2.33. The van der Waals surface area contributed by atoms with Crippen LogP contribution in [0.25, 0.3) is 10.9 Å². The maximum atomic E-state index is 11.6. The molecule has 3 N–H and O–H groups in total. The van der Waals surface area contributed by atoms with Gasteiger partial charge < -0.3 is 14.8 Å². The molecule has 0 amide bonds. The Kier molecular flexibility index (Phi) is 5.80. The zero-order chi connectivity index (χ0) is 20.5. The van der Waals surface area contributed by atoms with Crippen LogP contribution >= 0.6 is 23.2 Å². The zero-order valence-corrected chi connectivity index (χ0v) is 17.2. The van der Waals surface area contributed by atoms with Crippen LogP contribution in [-0.2, 0) is 15.8 Å². The van der Waals surface area contributed by atoms with Gasteiger partial charge in [-0.1, -0.05) is 35.3 Å². The summed E-state index contributed by atoms with van der Waals surface area (Å²) in [5.74, 6) is -0.0940. The molecule has 0 aliphatic rings. The van der Waals surface area contributed by atoms with E-state index < -0.39 is 10.0 Å². The number of aromatic amines is 1. The van der Waals surface area contributed by atoms with Crippen LogP contribution in [0.3, 0.4) is 0 Å². The molecular weight excluding hydrogens is 427 g/mol.